The summed E-state index contributed by atoms with van der Waals surface area (Å²) in [5.41, 5.74) is 0.664. The second-order valence-corrected chi connectivity index (χ2v) is 6.04. The van der Waals surface area contributed by atoms with Crippen LogP contribution < -0.4 is 14.8 Å². The van der Waals surface area contributed by atoms with Crippen LogP contribution in [0.4, 0.5) is 5.69 Å². The second-order valence-electron chi connectivity index (χ2n) is 5.19. The second kappa shape index (κ2) is 8.48. The van der Waals surface area contributed by atoms with Crippen molar-refractivity contribution in [2.24, 2.45) is 0 Å². The molecule has 0 aliphatic rings. The van der Waals surface area contributed by atoms with Crippen LogP contribution in [0.3, 0.4) is 0 Å². The van der Waals surface area contributed by atoms with E-state index in [4.69, 9.17) is 9.47 Å². The van der Waals surface area contributed by atoms with E-state index in [2.05, 4.69) is 21.2 Å². The number of nitrogens with zero attached hydrogens (tertiary/aromatic N) is 1. The van der Waals surface area contributed by atoms with Gasteiger partial charge >= 0.3 is 5.69 Å². The highest BCUT2D eigenvalue weighted by Gasteiger charge is 2.18. The average Bonchev–Trinajstić information content (AvgIpc) is 2.60. The molecule has 1 atom stereocenters. The summed E-state index contributed by atoms with van der Waals surface area (Å²) in [5, 5.41) is 13.9. The van der Waals surface area contributed by atoms with Crippen molar-refractivity contribution in [3.8, 4) is 11.5 Å². The van der Waals surface area contributed by atoms with E-state index < -0.39 is 4.92 Å². The third kappa shape index (κ3) is 4.93. The Morgan fingerprint density at radius 3 is 2.68 bits per heavy atom. The molecule has 0 bridgehead atoms. The summed E-state index contributed by atoms with van der Waals surface area (Å²) in [6.07, 6.45) is 0. The predicted octanol–water partition coefficient (Wildman–Crippen LogP) is 3.62. The number of carbonyl (C=O) groups excluding carboxylic acids is 1. The van der Waals surface area contributed by atoms with Crippen LogP contribution in [0.15, 0.2) is 46.9 Å². The van der Waals surface area contributed by atoms with Crippen molar-refractivity contribution in [2.75, 3.05) is 13.7 Å². The smallest absolute Gasteiger partial charge is 0.314 e. The van der Waals surface area contributed by atoms with Gasteiger partial charge in [-0.2, -0.15) is 0 Å². The third-order valence-corrected chi connectivity index (χ3v) is 4.19. The monoisotopic (exact) mass is 408 g/mol. The van der Waals surface area contributed by atoms with Crippen molar-refractivity contribution in [1.82, 2.24) is 5.32 Å². The van der Waals surface area contributed by atoms with Crippen molar-refractivity contribution < 1.29 is 19.2 Å². The fraction of sp³-hybridized carbons (Fsp3) is 0.235. The molecule has 0 heterocycles. The molecule has 132 valence electrons. The lowest BCUT2D eigenvalue weighted by molar-refractivity contribution is -0.385. The van der Waals surface area contributed by atoms with Gasteiger partial charge in [0.25, 0.3) is 5.91 Å². The van der Waals surface area contributed by atoms with E-state index in [1.165, 1.54) is 25.3 Å². The fourth-order valence-electron chi connectivity index (χ4n) is 2.22. The Hall–Kier alpha value is -2.61. The highest BCUT2D eigenvalue weighted by molar-refractivity contribution is 9.10. The highest BCUT2D eigenvalue weighted by atomic mass is 79.9. The molecular weight excluding hydrogens is 392 g/mol. The largest absolute Gasteiger partial charge is 0.496 e. The van der Waals surface area contributed by atoms with Gasteiger partial charge in [0, 0.05) is 4.47 Å². The molecule has 0 aliphatic heterocycles. The minimum Gasteiger partial charge on any atom is -0.496 e. The molecule has 0 radical (unpaired) electrons. The summed E-state index contributed by atoms with van der Waals surface area (Å²) in [6.45, 7) is 1.51. The Morgan fingerprint density at radius 2 is 2.04 bits per heavy atom. The standard InChI is InChI=1S/C17H17BrN2O5/c1-11(13-5-3-4-6-14(13)18)19-17(21)10-25-16-8-7-12(24-2)9-15(16)20(22)23/h3-9,11H,10H2,1-2H3,(H,19,21)/t11-/m1/s1. The summed E-state index contributed by atoms with van der Waals surface area (Å²) in [4.78, 5) is 22.6. The van der Waals surface area contributed by atoms with Crippen molar-refractivity contribution in [3.05, 3.63) is 62.6 Å². The number of methoxy groups -OCH3 is 1. The van der Waals surface area contributed by atoms with Crippen LogP contribution in [-0.2, 0) is 4.79 Å². The molecule has 0 aromatic heterocycles. The van der Waals surface area contributed by atoms with Crippen LogP contribution in [0.1, 0.15) is 18.5 Å². The molecular formula is C17H17BrN2O5. The zero-order valence-corrected chi connectivity index (χ0v) is 15.3. The minimum atomic E-state index is -0.584. The molecule has 2 rings (SSSR count). The van der Waals surface area contributed by atoms with Crippen LogP contribution in [0.2, 0.25) is 0 Å². The fourth-order valence-corrected chi connectivity index (χ4v) is 2.85. The van der Waals surface area contributed by atoms with Crippen LogP contribution in [0.25, 0.3) is 0 Å². The molecule has 0 spiro atoms. The first-order chi connectivity index (χ1) is 11.9. The van der Waals surface area contributed by atoms with E-state index in [0.717, 1.165) is 10.0 Å². The summed E-state index contributed by atoms with van der Waals surface area (Å²) < 4.78 is 11.1. The molecule has 0 saturated heterocycles. The van der Waals surface area contributed by atoms with Gasteiger partial charge in [-0.05, 0) is 30.7 Å². The lowest BCUT2D eigenvalue weighted by atomic mass is 10.1. The first-order valence-corrected chi connectivity index (χ1v) is 8.20. The molecule has 8 heteroatoms. The number of nitrogens with one attached hydrogen (secondary N) is 1. The van der Waals surface area contributed by atoms with Crippen molar-refractivity contribution in [1.29, 1.82) is 0 Å². The molecule has 7 nitrogen and oxygen atoms in total. The maximum absolute atomic E-state index is 12.1. The topological polar surface area (TPSA) is 90.7 Å². The molecule has 0 unspecified atom stereocenters. The number of hydrogen-bond acceptors (Lipinski definition) is 5. The number of carbonyl (C=O) groups is 1. The van der Waals surface area contributed by atoms with E-state index in [0.29, 0.717) is 5.75 Å². The lowest BCUT2D eigenvalue weighted by Crippen LogP contribution is -2.31. The van der Waals surface area contributed by atoms with E-state index in [1.807, 2.05) is 31.2 Å². The average molecular weight is 409 g/mol. The van der Waals surface area contributed by atoms with Gasteiger partial charge in [0.2, 0.25) is 0 Å². The van der Waals surface area contributed by atoms with Crippen LogP contribution in [0.5, 0.6) is 11.5 Å². The van der Waals surface area contributed by atoms with E-state index in [9.17, 15) is 14.9 Å². The van der Waals surface area contributed by atoms with Gasteiger partial charge in [0.05, 0.1) is 24.1 Å². The Labute approximate surface area is 153 Å². The van der Waals surface area contributed by atoms with Gasteiger partial charge in [0.15, 0.2) is 12.4 Å². The van der Waals surface area contributed by atoms with Crippen molar-refractivity contribution in [2.45, 2.75) is 13.0 Å². The summed E-state index contributed by atoms with van der Waals surface area (Å²) in [6, 6.07) is 11.5. The Kier molecular flexibility index (Phi) is 6.35. The molecule has 0 fully saturated rings. The number of ether oxygens (including phenoxy) is 2. The molecule has 1 amide bonds. The quantitative estimate of drug-likeness (QED) is 0.557. The number of nitro groups is 1. The summed E-state index contributed by atoms with van der Waals surface area (Å²) >= 11 is 3.43. The van der Waals surface area contributed by atoms with Crippen molar-refractivity contribution in [3.63, 3.8) is 0 Å². The van der Waals surface area contributed by atoms with Gasteiger partial charge in [-0.3, -0.25) is 14.9 Å². The molecule has 1 N–H and O–H groups in total. The van der Waals surface area contributed by atoms with Crippen LogP contribution >= 0.6 is 15.9 Å². The minimum absolute atomic E-state index is 0.00879. The van der Waals surface area contributed by atoms with E-state index in [-0.39, 0.29) is 30.0 Å². The Bertz CT molecular complexity index is 781. The molecule has 0 aliphatic carbocycles. The Morgan fingerprint density at radius 1 is 1.32 bits per heavy atom. The van der Waals surface area contributed by atoms with Gasteiger partial charge in [0.1, 0.15) is 5.75 Å². The lowest BCUT2D eigenvalue weighted by Gasteiger charge is -2.16. The SMILES string of the molecule is COc1ccc(OCC(=O)N[C@H](C)c2ccccc2Br)c([N+](=O)[O-])c1. The van der Waals surface area contributed by atoms with Gasteiger partial charge in [-0.1, -0.05) is 34.1 Å². The van der Waals surface area contributed by atoms with E-state index >= 15 is 0 Å². The van der Waals surface area contributed by atoms with Crippen LogP contribution in [0, 0.1) is 10.1 Å². The van der Waals surface area contributed by atoms with Gasteiger partial charge < -0.3 is 14.8 Å². The zero-order valence-electron chi connectivity index (χ0n) is 13.7. The first kappa shape index (κ1) is 18.7. The summed E-state index contributed by atoms with van der Waals surface area (Å²) in [7, 11) is 1.41. The number of rotatable bonds is 7. The van der Waals surface area contributed by atoms with Gasteiger partial charge in [-0.15, -0.1) is 0 Å². The zero-order chi connectivity index (χ0) is 18.4. The van der Waals surface area contributed by atoms with Crippen LogP contribution in [-0.4, -0.2) is 24.5 Å². The predicted molar refractivity (Wildman–Crippen MR) is 95.8 cm³/mol. The number of hydrogen-bond donors (Lipinski definition) is 1. The molecule has 2 aromatic rings. The first-order valence-electron chi connectivity index (χ1n) is 7.41. The summed E-state index contributed by atoms with van der Waals surface area (Å²) in [5.74, 6) is -0.0334. The molecule has 0 saturated carbocycles. The normalized spacial score (nSPS) is 11.5. The molecule has 25 heavy (non-hydrogen) atoms. The maximum Gasteiger partial charge on any atom is 0.314 e. The van der Waals surface area contributed by atoms with Crippen molar-refractivity contribution >= 4 is 27.5 Å². The number of nitro benzene ring substituents is 1. The maximum atomic E-state index is 12.1. The highest BCUT2D eigenvalue weighted by Crippen LogP contribution is 2.31. The third-order valence-electron chi connectivity index (χ3n) is 3.47. The number of amides is 1. The Balaban J connectivity index is 2.00. The number of benzene rings is 2. The van der Waals surface area contributed by atoms with E-state index in [1.54, 1.807) is 0 Å². The number of halogens is 1. The molecule has 2 aromatic carbocycles. The van der Waals surface area contributed by atoms with Gasteiger partial charge in [-0.25, -0.2) is 0 Å².